The van der Waals surface area contributed by atoms with Crippen molar-refractivity contribution >= 4 is 5.69 Å². The van der Waals surface area contributed by atoms with Crippen LogP contribution in [-0.4, -0.2) is 24.2 Å². The van der Waals surface area contributed by atoms with Gasteiger partial charge in [-0.2, -0.15) is 0 Å². The number of phenolic OH excluding ortho intramolecular Hbond substituents is 1. The number of rotatable bonds is 1. The lowest BCUT2D eigenvalue weighted by Crippen LogP contribution is -2.32. The largest absolute Gasteiger partial charge is 0.506 e. The van der Waals surface area contributed by atoms with E-state index in [-0.39, 0.29) is 0 Å². The van der Waals surface area contributed by atoms with Gasteiger partial charge in [-0.3, -0.25) is 0 Å². The zero-order valence-corrected chi connectivity index (χ0v) is 8.69. The van der Waals surface area contributed by atoms with Crippen LogP contribution < -0.4 is 10.6 Å². The van der Waals surface area contributed by atoms with E-state index in [0.717, 1.165) is 31.6 Å². The maximum atomic E-state index is 9.86. The molecule has 3 heteroatoms. The molecule has 0 aromatic heterocycles. The van der Waals surface area contributed by atoms with Crippen molar-refractivity contribution < 1.29 is 5.11 Å². The van der Waals surface area contributed by atoms with Crippen molar-refractivity contribution in [1.82, 2.24) is 0 Å². The van der Waals surface area contributed by atoms with Gasteiger partial charge >= 0.3 is 0 Å². The maximum Gasteiger partial charge on any atom is 0.139 e. The lowest BCUT2D eigenvalue weighted by Gasteiger charge is -2.22. The molecule has 2 aliphatic heterocycles. The van der Waals surface area contributed by atoms with Crippen molar-refractivity contribution in [2.45, 2.75) is 18.9 Å². The molecule has 2 aliphatic rings. The Hall–Kier alpha value is -1.22. The number of anilines is 1. The number of hydrogen-bond donors (Lipinski definition) is 2. The number of nitrogens with two attached hydrogens (primary N) is 1. The van der Waals surface area contributed by atoms with Gasteiger partial charge in [-0.1, -0.05) is 12.1 Å². The van der Waals surface area contributed by atoms with Crippen molar-refractivity contribution in [2.24, 2.45) is 11.7 Å². The number of nitrogens with zero attached hydrogens (tertiary/aromatic N) is 1. The van der Waals surface area contributed by atoms with Crippen LogP contribution in [0.25, 0.3) is 0 Å². The third-order valence-corrected chi connectivity index (χ3v) is 3.80. The van der Waals surface area contributed by atoms with Gasteiger partial charge in [0, 0.05) is 12.6 Å². The fourth-order valence-corrected chi connectivity index (χ4v) is 3.05. The Balaban J connectivity index is 2.02. The molecule has 15 heavy (non-hydrogen) atoms. The Bertz CT molecular complexity index is 391. The molecule has 3 rings (SSSR count). The van der Waals surface area contributed by atoms with Crippen LogP contribution >= 0.6 is 0 Å². The number of aromatic hydroxyl groups is 1. The van der Waals surface area contributed by atoms with E-state index in [4.69, 9.17) is 5.73 Å². The first-order chi connectivity index (χ1) is 7.31. The summed E-state index contributed by atoms with van der Waals surface area (Å²) in [7, 11) is 0. The van der Waals surface area contributed by atoms with E-state index >= 15 is 0 Å². The van der Waals surface area contributed by atoms with Crippen LogP contribution in [-0.2, 0) is 6.42 Å². The van der Waals surface area contributed by atoms with E-state index in [1.807, 2.05) is 6.07 Å². The van der Waals surface area contributed by atoms with E-state index in [1.54, 1.807) is 6.07 Å². The molecule has 0 saturated carbocycles. The highest BCUT2D eigenvalue weighted by Gasteiger charge is 2.40. The third-order valence-electron chi connectivity index (χ3n) is 3.80. The first-order valence-corrected chi connectivity index (χ1v) is 5.59. The molecule has 1 fully saturated rings. The van der Waals surface area contributed by atoms with Gasteiger partial charge in [-0.15, -0.1) is 0 Å². The summed E-state index contributed by atoms with van der Waals surface area (Å²) < 4.78 is 0. The van der Waals surface area contributed by atoms with Crippen molar-refractivity contribution in [2.75, 3.05) is 18.0 Å². The fraction of sp³-hybridized carbons (Fsp3) is 0.500. The lowest BCUT2D eigenvalue weighted by molar-refractivity contribution is 0.472. The minimum atomic E-state index is 0.424. The Morgan fingerprint density at radius 3 is 3.13 bits per heavy atom. The second-order valence-electron chi connectivity index (χ2n) is 4.53. The second kappa shape index (κ2) is 3.14. The summed E-state index contributed by atoms with van der Waals surface area (Å²) in [6.07, 6.45) is 2.21. The van der Waals surface area contributed by atoms with Gasteiger partial charge < -0.3 is 15.7 Å². The Morgan fingerprint density at radius 1 is 1.47 bits per heavy atom. The number of fused-ring (bicyclic) bond motifs is 3. The van der Waals surface area contributed by atoms with Crippen LogP contribution in [0.5, 0.6) is 5.75 Å². The molecule has 0 amide bonds. The fourth-order valence-electron chi connectivity index (χ4n) is 3.05. The van der Waals surface area contributed by atoms with Crippen LogP contribution in [0.2, 0.25) is 0 Å². The smallest absolute Gasteiger partial charge is 0.139 e. The average Bonchev–Trinajstić information content (AvgIpc) is 2.75. The predicted molar refractivity (Wildman–Crippen MR) is 60.1 cm³/mol. The maximum absolute atomic E-state index is 9.86. The van der Waals surface area contributed by atoms with E-state index in [2.05, 4.69) is 11.0 Å². The third kappa shape index (κ3) is 1.16. The van der Waals surface area contributed by atoms with E-state index in [1.165, 1.54) is 5.56 Å². The van der Waals surface area contributed by atoms with Gasteiger partial charge in [0.2, 0.25) is 0 Å². The molecule has 1 saturated heterocycles. The quantitative estimate of drug-likeness (QED) is 0.720. The molecule has 80 valence electrons. The Morgan fingerprint density at radius 2 is 2.33 bits per heavy atom. The molecule has 0 bridgehead atoms. The zero-order chi connectivity index (χ0) is 10.4. The van der Waals surface area contributed by atoms with Gasteiger partial charge in [0.05, 0.1) is 5.69 Å². The summed E-state index contributed by atoms with van der Waals surface area (Å²) in [5.41, 5.74) is 8.10. The van der Waals surface area contributed by atoms with E-state index in [9.17, 15) is 5.11 Å². The second-order valence-corrected chi connectivity index (χ2v) is 4.53. The first kappa shape index (κ1) is 9.04. The molecular formula is C12H16N2O. The van der Waals surface area contributed by atoms with Crippen LogP contribution in [0.3, 0.4) is 0 Å². The predicted octanol–water partition coefficient (Wildman–Crippen LogP) is 1.10. The minimum Gasteiger partial charge on any atom is -0.506 e. The van der Waals surface area contributed by atoms with Crippen LogP contribution in [0.4, 0.5) is 5.69 Å². The topological polar surface area (TPSA) is 49.5 Å². The van der Waals surface area contributed by atoms with Crippen molar-refractivity contribution in [3.8, 4) is 5.75 Å². The Labute approximate surface area is 89.5 Å². The summed E-state index contributed by atoms with van der Waals surface area (Å²) in [4.78, 5) is 2.34. The highest BCUT2D eigenvalue weighted by Crippen LogP contribution is 2.44. The standard InChI is InChI=1S/C12H16N2O/c13-7-9-4-5-14-10(9)6-8-2-1-3-11(15)12(8)14/h1-3,9-10,15H,4-7,13H2. The van der Waals surface area contributed by atoms with Crippen molar-refractivity contribution in [3.63, 3.8) is 0 Å². The molecule has 2 atom stereocenters. The van der Waals surface area contributed by atoms with Gasteiger partial charge in [-0.25, -0.2) is 0 Å². The molecule has 3 N–H and O–H groups in total. The van der Waals surface area contributed by atoms with Gasteiger partial charge in [0.15, 0.2) is 0 Å². The summed E-state index contributed by atoms with van der Waals surface area (Å²) in [6.45, 7) is 1.80. The lowest BCUT2D eigenvalue weighted by atomic mass is 9.97. The summed E-state index contributed by atoms with van der Waals surface area (Å²) in [5, 5.41) is 9.86. The molecule has 1 aromatic rings. The SMILES string of the molecule is NCC1CCN2c3c(O)cccc3CC12. The molecule has 3 nitrogen and oxygen atoms in total. The molecule has 0 aliphatic carbocycles. The van der Waals surface area contributed by atoms with Crippen molar-refractivity contribution in [1.29, 1.82) is 0 Å². The molecule has 2 unspecified atom stereocenters. The molecular weight excluding hydrogens is 188 g/mol. The summed E-state index contributed by atoms with van der Waals surface area (Å²) >= 11 is 0. The van der Waals surface area contributed by atoms with Gasteiger partial charge in [0.25, 0.3) is 0 Å². The molecule has 0 radical (unpaired) electrons. The van der Waals surface area contributed by atoms with E-state index < -0.39 is 0 Å². The van der Waals surface area contributed by atoms with Gasteiger partial charge in [-0.05, 0) is 36.9 Å². The summed E-state index contributed by atoms with van der Waals surface area (Å²) in [5.74, 6) is 1.02. The van der Waals surface area contributed by atoms with Crippen LogP contribution in [0.15, 0.2) is 18.2 Å². The van der Waals surface area contributed by atoms with Crippen molar-refractivity contribution in [3.05, 3.63) is 23.8 Å². The number of hydrogen-bond acceptors (Lipinski definition) is 3. The highest BCUT2D eigenvalue weighted by molar-refractivity contribution is 5.68. The first-order valence-electron chi connectivity index (χ1n) is 5.59. The molecule has 1 aromatic carbocycles. The molecule has 0 spiro atoms. The monoisotopic (exact) mass is 204 g/mol. The zero-order valence-electron chi connectivity index (χ0n) is 8.69. The normalized spacial score (nSPS) is 27.9. The molecule has 2 heterocycles. The van der Waals surface area contributed by atoms with E-state index in [0.29, 0.717) is 17.7 Å². The number of benzene rings is 1. The average molecular weight is 204 g/mol. The Kier molecular flexibility index (Phi) is 1.89. The number of phenols is 1. The van der Waals surface area contributed by atoms with Gasteiger partial charge in [0.1, 0.15) is 5.75 Å². The number of para-hydroxylation sites is 1. The van der Waals surface area contributed by atoms with Crippen LogP contribution in [0, 0.1) is 5.92 Å². The summed E-state index contributed by atoms with van der Waals surface area (Å²) in [6, 6.07) is 6.34. The minimum absolute atomic E-state index is 0.424. The highest BCUT2D eigenvalue weighted by atomic mass is 16.3. The van der Waals surface area contributed by atoms with Crippen LogP contribution in [0.1, 0.15) is 12.0 Å².